The molecule has 3 rings (SSSR count). The van der Waals surface area contributed by atoms with Crippen LogP contribution in [0.4, 0.5) is 24.5 Å². The molecule has 1 fully saturated rings. The fourth-order valence-corrected chi connectivity index (χ4v) is 5.11. The summed E-state index contributed by atoms with van der Waals surface area (Å²) in [5.74, 6) is 0. The third kappa shape index (κ3) is 5.84. The zero-order valence-electron chi connectivity index (χ0n) is 19.9. The van der Waals surface area contributed by atoms with E-state index in [9.17, 15) is 21.6 Å². The molecular formula is C24H32F3N3O3S. The molecule has 34 heavy (non-hydrogen) atoms. The van der Waals surface area contributed by atoms with Crippen molar-refractivity contribution in [2.75, 3.05) is 51.1 Å². The first-order valence-electron chi connectivity index (χ1n) is 11.1. The quantitative estimate of drug-likeness (QED) is 0.560. The normalized spacial score (nSPS) is 17.6. The van der Waals surface area contributed by atoms with E-state index in [1.54, 1.807) is 19.2 Å². The van der Waals surface area contributed by atoms with Crippen LogP contribution in [-0.2, 0) is 14.8 Å². The van der Waals surface area contributed by atoms with Crippen LogP contribution in [0.25, 0.3) is 0 Å². The third-order valence-electron chi connectivity index (χ3n) is 6.33. The lowest BCUT2D eigenvalue weighted by Crippen LogP contribution is -2.41. The first-order valence-corrected chi connectivity index (χ1v) is 12.5. The Morgan fingerprint density at radius 1 is 1.09 bits per heavy atom. The molecule has 2 aromatic rings. The Hall–Kier alpha value is -2.30. The van der Waals surface area contributed by atoms with E-state index in [1.165, 1.54) is 38.4 Å². The summed E-state index contributed by atoms with van der Waals surface area (Å²) in [6.07, 6.45) is -2.84. The summed E-state index contributed by atoms with van der Waals surface area (Å²) in [6.45, 7) is 4.24. The van der Waals surface area contributed by atoms with Gasteiger partial charge in [0.1, 0.15) is 6.04 Å². The van der Waals surface area contributed by atoms with Gasteiger partial charge in [0, 0.05) is 34.3 Å². The standard InChI is InChI=1S/C24H32F3N3O3S/c1-23(17-33-4)13-15-30(16-14-23)21-8-6-5-7-20(21)28-22(24(25,26)27)18-9-11-19(12-10-18)34(31,32)29(2)3/h5-12,22,28H,13-17H2,1-4H3. The van der Waals surface area contributed by atoms with Gasteiger partial charge in [-0.15, -0.1) is 0 Å². The molecule has 1 aliphatic rings. The van der Waals surface area contributed by atoms with Crippen molar-refractivity contribution in [3.8, 4) is 0 Å². The monoisotopic (exact) mass is 499 g/mol. The van der Waals surface area contributed by atoms with Gasteiger partial charge in [-0.2, -0.15) is 13.2 Å². The summed E-state index contributed by atoms with van der Waals surface area (Å²) in [4.78, 5) is 2.04. The van der Waals surface area contributed by atoms with Gasteiger partial charge in [-0.1, -0.05) is 31.2 Å². The summed E-state index contributed by atoms with van der Waals surface area (Å²) < 4.78 is 73.2. The first kappa shape index (κ1) is 26.3. The number of benzene rings is 2. The van der Waals surface area contributed by atoms with Crippen molar-refractivity contribution in [1.82, 2.24) is 4.31 Å². The highest BCUT2D eigenvalue weighted by Gasteiger charge is 2.41. The largest absolute Gasteiger partial charge is 0.412 e. The number of para-hydroxylation sites is 2. The summed E-state index contributed by atoms with van der Waals surface area (Å²) in [5, 5.41) is 2.68. The van der Waals surface area contributed by atoms with Crippen LogP contribution in [0.5, 0.6) is 0 Å². The molecule has 0 spiro atoms. The van der Waals surface area contributed by atoms with E-state index >= 15 is 0 Å². The van der Waals surface area contributed by atoms with E-state index in [0.717, 1.165) is 17.1 Å². The number of alkyl halides is 3. The van der Waals surface area contributed by atoms with Crippen LogP contribution >= 0.6 is 0 Å². The minimum Gasteiger partial charge on any atom is -0.384 e. The van der Waals surface area contributed by atoms with E-state index in [-0.39, 0.29) is 15.9 Å². The van der Waals surface area contributed by atoms with Gasteiger partial charge in [-0.25, -0.2) is 12.7 Å². The summed E-state index contributed by atoms with van der Waals surface area (Å²) >= 11 is 0. The highest BCUT2D eigenvalue weighted by Crippen LogP contribution is 2.40. The smallest absolute Gasteiger partial charge is 0.384 e. The van der Waals surface area contributed by atoms with Crippen LogP contribution < -0.4 is 10.2 Å². The van der Waals surface area contributed by atoms with Crippen LogP contribution in [0.3, 0.4) is 0 Å². The van der Waals surface area contributed by atoms with Crippen LogP contribution in [0.1, 0.15) is 31.4 Å². The molecule has 6 nitrogen and oxygen atoms in total. The Balaban J connectivity index is 1.87. The van der Waals surface area contributed by atoms with E-state index in [4.69, 9.17) is 4.74 Å². The van der Waals surface area contributed by atoms with Gasteiger partial charge >= 0.3 is 6.18 Å². The number of hydrogen-bond donors (Lipinski definition) is 1. The number of sulfonamides is 1. The van der Waals surface area contributed by atoms with Gasteiger partial charge in [-0.05, 0) is 48.1 Å². The summed E-state index contributed by atoms with van der Waals surface area (Å²) in [6, 6.07) is 9.81. The second kappa shape index (κ2) is 10.1. The average molecular weight is 500 g/mol. The van der Waals surface area contributed by atoms with Gasteiger partial charge < -0.3 is 15.0 Å². The Morgan fingerprint density at radius 2 is 1.68 bits per heavy atom. The maximum Gasteiger partial charge on any atom is 0.412 e. The van der Waals surface area contributed by atoms with Crippen molar-refractivity contribution in [3.05, 3.63) is 54.1 Å². The van der Waals surface area contributed by atoms with Crippen molar-refractivity contribution in [2.45, 2.75) is 36.9 Å². The Kier molecular flexibility index (Phi) is 7.84. The number of anilines is 2. The molecule has 188 valence electrons. The van der Waals surface area contributed by atoms with Gasteiger partial charge in [0.25, 0.3) is 0 Å². The molecule has 0 bridgehead atoms. The number of ether oxygens (including phenoxy) is 1. The lowest BCUT2D eigenvalue weighted by Gasteiger charge is -2.41. The molecule has 10 heteroatoms. The maximum atomic E-state index is 14.1. The van der Waals surface area contributed by atoms with Gasteiger partial charge in [0.2, 0.25) is 10.0 Å². The third-order valence-corrected chi connectivity index (χ3v) is 8.16. The zero-order chi connectivity index (χ0) is 25.1. The molecule has 1 heterocycles. The molecule has 1 aliphatic heterocycles. The van der Waals surface area contributed by atoms with Gasteiger partial charge in [-0.3, -0.25) is 0 Å². The van der Waals surface area contributed by atoms with Crippen molar-refractivity contribution < 1.29 is 26.3 Å². The number of piperidine rings is 1. The summed E-state index contributed by atoms with van der Waals surface area (Å²) in [5.41, 5.74) is 1.08. The second-order valence-electron chi connectivity index (χ2n) is 9.22. The van der Waals surface area contributed by atoms with E-state index in [2.05, 4.69) is 17.1 Å². The van der Waals surface area contributed by atoms with Crippen molar-refractivity contribution in [2.24, 2.45) is 5.41 Å². The second-order valence-corrected chi connectivity index (χ2v) is 11.4. The molecular weight excluding hydrogens is 467 g/mol. The number of hydrogen-bond acceptors (Lipinski definition) is 5. The highest BCUT2D eigenvalue weighted by atomic mass is 32.2. The number of rotatable bonds is 8. The minimum absolute atomic E-state index is 0.0523. The fourth-order valence-electron chi connectivity index (χ4n) is 4.20. The van der Waals surface area contributed by atoms with Crippen LogP contribution in [-0.4, -0.2) is 59.8 Å². The number of methoxy groups -OCH3 is 1. The SMILES string of the molecule is COCC1(C)CCN(c2ccccc2NC(c2ccc(S(=O)(=O)N(C)C)cc2)C(F)(F)F)CC1. The van der Waals surface area contributed by atoms with E-state index < -0.39 is 22.2 Å². The summed E-state index contributed by atoms with van der Waals surface area (Å²) in [7, 11) is 0.692. The Morgan fingerprint density at radius 3 is 2.21 bits per heavy atom. The highest BCUT2D eigenvalue weighted by molar-refractivity contribution is 7.89. The Labute approximate surface area is 199 Å². The minimum atomic E-state index is -4.59. The van der Waals surface area contributed by atoms with Crippen LogP contribution in [0, 0.1) is 5.41 Å². The van der Waals surface area contributed by atoms with Crippen molar-refractivity contribution >= 4 is 21.4 Å². The van der Waals surface area contributed by atoms with Gasteiger partial charge in [0.15, 0.2) is 0 Å². The molecule has 1 saturated heterocycles. The molecule has 1 atom stereocenters. The predicted octanol–water partition coefficient (Wildman–Crippen LogP) is 4.91. The molecule has 0 aliphatic carbocycles. The average Bonchev–Trinajstić information content (AvgIpc) is 2.77. The Bertz CT molecular complexity index is 1060. The zero-order valence-corrected chi connectivity index (χ0v) is 20.7. The predicted molar refractivity (Wildman–Crippen MR) is 128 cm³/mol. The number of nitrogens with zero attached hydrogens (tertiary/aromatic N) is 2. The molecule has 0 saturated carbocycles. The molecule has 1 N–H and O–H groups in total. The van der Waals surface area contributed by atoms with E-state index in [1.807, 2.05) is 12.1 Å². The molecule has 0 aromatic heterocycles. The van der Waals surface area contributed by atoms with Crippen LogP contribution in [0.15, 0.2) is 53.4 Å². The number of halogens is 3. The molecule has 2 aromatic carbocycles. The van der Waals surface area contributed by atoms with E-state index in [0.29, 0.717) is 31.1 Å². The lowest BCUT2D eigenvalue weighted by atomic mass is 9.81. The lowest BCUT2D eigenvalue weighted by molar-refractivity contribution is -0.144. The first-order chi connectivity index (χ1) is 15.9. The maximum absolute atomic E-state index is 14.1. The van der Waals surface area contributed by atoms with Gasteiger partial charge in [0.05, 0.1) is 22.9 Å². The van der Waals surface area contributed by atoms with Crippen molar-refractivity contribution in [1.29, 1.82) is 0 Å². The molecule has 1 unspecified atom stereocenters. The van der Waals surface area contributed by atoms with Crippen LogP contribution in [0.2, 0.25) is 0 Å². The molecule has 0 radical (unpaired) electrons. The molecule has 0 amide bonds. The number of nitrogens with one attached hydrogen (secondary N) is 1. The van der Waals surface area contributed by atoms with Crippen molar-refractivity contribution in [3.63, 3.8) is 0 Å². The fraction of sp³-hybridized carbons (Fsp3) is 0.500. The topological polar surface area (TPSA) is 61.9 Å².